The topological polar surface area (TPSA) is 26.3 Å². The van der Waals surface area contributed by atoms with Crippen LogP contribution in [0.25, 0.3) is 0 Å². The molecule has 2 nitrogen and oxygen atoms in total. The quantitative estimate of drug-likeness (QED) is 0.468. The lowest BCUT2D eigenvalue weighted by molar-refractivity contribution is -0.142. The fourth-order valence-corrected chi connectivity index (χ4v) is 1.04. The summed E-state index contributed by atoms with van der Waals surface area (Å²) < 4.78 is 4.81. The number of unbranched alkanes of at least 4 members (excludes halogenated alkanes) is 1. The van der Waals surface area contributed by atoms with Crippen molar-refractivity contribution in [1.82, 2.24) is 0 Å². The summed E-state index contributed by atoms with van der Waals surface area (Å²) in [5.74, 6) is -0.127. The minimum atomic E-state index is -0.127. The third-order valence-corrected chi connectivity index (χ3v) is 1.85. The maximum absolute atomic E-state index is 11.0. The predicted octanol–water partition coefficient (Wildman–Crippen LogP) is 3.08. The van der Waals surface area contributed by atoms with Gasteiger partial charge in [0.15, 0.2) is 0 Å². The number of esters is 1. The van der Waals surface area contributed by atoms with E-state index < -0.39 is 0 Å². The minimum Gasteiger partial charge on any atom is -0.466 e. The van der Waals surface area contributed by atoms with Gasteiger partial charge in [0.25, 0.3) is 0 Å². The van der Waals surface area contributed by atoms with E-state index >= 15 is 0 Å². The van der Waals surface area contributed by atoms with Gasteiger partial charge in [0.1, 0.15) is 0 Å². The van der Waals surface area contributed by atoms with E-state index in [0.717, 1.165) is 6.42 Å². The zero-order valence-electron chi connectivity index (χ0n) is 8.93. The van der Waals surface area contributed by atoms with Crippen LogP contribution in [-0.2, 0) is 9.53 Å². The van der Waals surface area contributed by atoms with Crippen molar-refractivity contribution in [2.75, 3.05) is 6.61 Å². The molecule has 0 saturated heterocycles. The van der Waals surface area contributed by atoms with E-state index in [0.29, 0.717) is 13.0 Å². The van der Waals surface area contributed by atoms with Crippen LogP contribution in [0.2, 0.25) is 0 Å². The Bertz CT molecular complexity index is 171. The molecular weight excluding hydrogens is 164 g/mol. The monoisotopic (exact) mass is 184 g/mol. The molecule has 0 aromatic heterocycles. The maximum atomic E-state index is 11.0. The summed E-state index contributed by atoms with van der Waals surface area (Å²) in [4.78, 5) is 11.0. The lowest BCUT2D eigenvalue weighted by Crippen LogP contribution is -2.01. The van der Waals surface area contributed by atoms with Gasteiger partial charge in [-0.2, -0.15) is 0 Å². The van der Waals surface area contributed by atoms with Crippen molar-refractivity contribution in [1.29, 1.82) is 0 Å². The van der Waals surface area contributed by atoms with Crippen LogP contribution in [-0.4, -0.2) is 12.6 Å². The van der Waals surface area contributed by atoms with Crippen molar-refractivity contribution in [3.8, 4) is 0 Å². The summed E-state index contributed by atoms with van der Waals surface area (Å²) in [5.41, 5.74) is 1.29. The van der Waals surface area contributed by atoms with Crippen LogP contribution in [0.15, 0.2) is 11.6 Å². The number of hydrogen-bond donors (Lipinski definition) is 0. The number of carbonyl (C=O) groups is 1. The van der Waals surface area contributed by atoms with Crippen molar-refractivity contribution in [2.24, 2.45) is 0 Å². The molecular formula is C11H20O2. The molecule has 0 atom stereocenters. The standard InChI is InChI=1S/C11H20O2/c1-4-6-7-10(3)8-9-11(12)13-5-2/h8H,4-7,9H2,1-3H3. The van der Waals surface area contributed by atoms with Gasteiger partial charge in [-0.3, -0.25) is 4.79 Å². The molecule has 13 heavy (non-hydrogen) atoms. The molecule has 0 bridgehead atoms. The van der Waals surface area contributed by atoms with Gasteiger partial charge < -0.3 is 4.74 Å². The molecule has 0 saturated carbocycles. The fraction of sp³-hybridized carbons (Fsp3) is 0.727. The highest BCUT2D eigenvalue weighted by Crippen LogP contribution is 2.07. The molecule has 0 aliphatic carbocycles. The Hall–Kier alpha value is -0.790. The summed E-state index contributed by atoms with van der Waals surface area (Å²) in [6.07, 6.45) is 5.88. The van der Waals surface area contributed by atoms with Crippen LogP contribution in [0.5, 0.6) is 0 Å². The first-order chi connectivity index (χ1) is 6.20. The Balaban J connectivity index is 3.62. The number of carbonyl (C=O) groups excluding carboxylic acids is 1. The van der Waals surface area contributed by atoms with Gasteiger partial charge in [-0.05, 0) is 26.7 Å². The highest BCUT2D eigenvalue weighted by molar-refractivity contribution is 5.71. The van der Waals surface area contributed by atoms with Crippen molar-refractivity contribution in [3.63, 3.8) is 0 Å². The molecule has 0 aliphatic heterocycles. The lowest BCUT2D eigenvalue weighted by atomic mass is 10.1. The second-order valence-corrected chi connectivity index (χ2v) is 3.16. The summed E-state index contributed by atoms with van der Waals surface area (Å²) in [6, 6.07) is 0. The molecule has 0 amide bonds. The Morgan fingerprint density at radius 1 is 1.38 bits per heavy atom. The molecule has 0 fully saturated rings. The molecule has 0 unspecified atom stereocenters. The lowest BCUT2D eigenvalue weighted by Gasteiger charge is -2.00. The van der Waals surface area contributed by atoms with Crippen LogP contribution >= 0.6 is 0 Å². The molecule has 0 aromatic carbocycles. The summed E-state index contributed by atoms with van der Waals surface area (Å²) in [7, 11) is 0. The highest BCUT2D eigenvalue weighted by Gasteiger charge is 1.97. The first-order valence-electron chi connectivity index (χ1n) is 5.02. The molecule has 0 heterocycles. The Kier molecular flexibility index (Phi) is 7.36. The van der Waals surface area contributed by atoms with E-state index in [4.69, 9.17) is 4.74 Å². The maximum Gasteiger partial charge on any atom is 0.309 e. The summed E-state index contributed by atoms with van der Waals surface area (Å²) >= 11 is 0. The average Bonchev–Trinajstić information content (AvgIpc) is 2.12. The second kappa shape index (κ2) is 7.84. The number of ether oxygens (including phenoxy) is 1. The fourth-order valence-electron chi connectivity index (χ4n) is 1.04. The second-order valence-electron chi connectivity index (χ2n) is 3.16. The SMILES string of the molecule is CCCCC(C)=CCC(=O)OCC. The van der Waals surface area contributed by atoms with Gasteiger partial charge in [0, 0.05) is 0 Å². The van der Waals surface area contributed by atoms with Gasteiger partial charge in [0.2, 0.25) is 0 Å². The van der Waals surface area contributed by atoms with E-state index in [1.165, 1.54) is 18.4 Å². The van der Waals surface area contributed by atoms with E-state index in [1.807, 2.05) is 13.0 Å². The third-order valence-electron chi connectivity index (χ3n) is 1.85. The van der Waals surface area contributed by atoms with E-state index in [-0.39, 0.29) is 5.97 Å². The zero-order chi connectivity index (χ0) is 10.1. The third kappa shape index (κ3) is 7.57. The van der Waals surface area contributed by atoms with Crippen LogP contribution in [0, 0.1) is 0 Å². The Morgan fingerprint density at radius 3 is 2.62 bits per heavy atom. The molecule has 0 aromatic rings. The number of hydrogen-bond acceptors (Lipinski definition) is 2. The first kappa shape index (κ1) is 12.2. The molecule has 0 radical (unpaired) electrons. The molecule has 76 valence electrons. The van der Waals surface area contributed by atoms with Gasteiger partial charge in [-0.15, -0.1) is 0 Å². The van der Waals surface area contributed by atoms with Crippen molar-refractivity contribution >= 4 is 5.97 Å². The van der Waals surface area contributed by atoms with Gasteiger partial charge in [-0.25, -0.2) is 0 Å². The van der Waals surface area contributed by atoms with Crippen LogP contribution in [0.3, 0.4) is 0 Å². The van der Waals surface area contributed by atoms with Gasteiger partial charge in [0.05, 0.1) is 13.0 Å². The Morgan fingerprint density at radius 2 is 2.08 bits per heavy atom. The van der Waals surface area contributed by atoms with Crippen LogP contribution in [0.1, 0.15) is 46.5 Å². The largest absolute Gasteiger partial charge is 0.466 e. The van der Waals surface area contributed by atoms with E-state index in [1.54, 1.807) is 0 Å². The molecule has 0 N–H and O–H groups in total. The zero-order valence-corrected chi connectivity index (χ0v) is 8.93. The summed E-state index contributed by atoms with van der Waals surface area (Å²) in [5, 5.41) is 0. The van der Waals surface area contributed by atoms with Crippen molar-refractivity contribution in [2.45, 2.75) is 46.5 Å². The van der Waals surface area contributed by atoms with E-state index in [9.17, 15) is 4.79 Å². The van der Waals surface area contributed by atoms with Gasteiger partial charge >= 0.3 is 5.97 Å². The molecule has 0 rings (SSSR count). The number of rotatable bonds is 6. The van der Waals surface area contributed by atoms with Crippen LogP contribution < -0.4 is 0 Å². The molecule has 0 aliphatic rings. The average molecular weight is 184 g/mol. The first-order valence-corrected chi connectivity index (χ1v) is 5.02. The van der Waals surface area contributed by atoms with E-state index in [2.05, 4.69) is 13.8 Å². The Labute approximate surface area is 81.0 Å². The normalized spacial score (nSPS) is 11.5. The highest BCUT2D eigenvalue weighted by atomic mass is 16.5. The van der Waals surface area contributed by atoms with Crippen LogP contribution in [0.4, 0.5) is 0 Å². The van der Waals surface area contributed by atoms with Gasteiger partial charge in [-0.1, -0.05) is 25.0 Å². The minimum absolute atomic E-state index is 0.127. The number of allylic oxidation sites excluding steroid dienone is 1. The molecule has 0 spiro atoms. The summed E-state index contributed by atoms with van der Waals surface area (Å²) in [6.45, 7) is 6.53. The van der Waals surface area contributed by atoms with Crippen molar-refractivity contribution < 1.29 is 9.53 Å². The predicted molar refractivity (Wildman–Crippen MR) is 54.5 cm³/mol. The molecule has 2 heteroatoms. The smallest absolute Gasteiger partial charge is 0.309 e. The van der Waals surface area contributed by atoms with Crippen molar-refractivity contribution in [3.05, 3.63) is 11.6 Å².